The summed E-state index contributed by atoms with van der Waals surface area (Å²) in [6, 6.07) is 10.4. The van der Waals surface area contributed by atoms with Gasteiger partial charge in [0.2, 0.25) is 11.8 Å². The number of nitrogens with zero attached hydrogens (tertiary/aromatic N) is 2. The Labute approximate surface area is 168 Å². The van der Waals surface area contributed by atoms with E-state index in [4.69, 9.17) is 0 Å². The summed E-state index contributed by atoms with van der Waals surface area (Å²) in [5.74, 6) is -1.16. The normalized spacial score (nSPS) is 15.1. The molecule has 2 amide bonds. The molecule has 0 radical (unpaired) electrons. The van der Waals surface area contributed by atoms with Crippen LogP contribution < -0.4 is 10.6 Å². The Morgan fingerprint density at radius 2 is 1.41 bits per heavy atom. The van der Waals surface area contributed by atoms with Gasteiger partial charge in [-0.2, -0.15) is 0 Å². The van der Waals surface area contributed by atoms with Crippen molar-refractivity contribution in [2.75, 3.05) is 49.9 Å². The number of nitrogens with one attached hydrogen (secondary N) is 2. The molecule has 0 saturated carbocycles. The summed E-state index contributed by atoms with van der Waals surface area (Å²) in [4.78, 5) is 28.3. The lowest BCUT2D eigenvalue weighted by atomic mass is 10.2. The van der Waals surface area contributed by atoms with Crippen LogP contribution in [0.4, 0.5) is 20.2 Å². The van der Waals surface area contributed by atoms with Gasteiger partial charge in [-0.15, -0.1) is 0 Å². The zero-order chi connectivity index (χ0) is 20.8. The third kappa shape index (κ3) is 6.33. The second kappa shape index (κ2) is 9.58. The van der Waals surface area contributed by atoms with Crippen LogP contribution >= 0.6 is 0 Å². The van der Waals surface area contributed by atoms with Gasteiger partial charge in [-0.1, -0.05) is 12.1 Å². The lowest BCUT2D eigenvalue weighted by Crippen LogP contribution is -2.50. The van der Waals surface area contributed by atoms with Crippen LogP contribution in [0.1, 0.15) is 5.56 Å². The number of carbonyl (C=O) groups excluding carboxylic acids is 2. The van der Waals surface area contributed by atoms with Gasteiger partial charge in [0.25, 0.3) is 0 Å². The van der Waals surface area contributed by atoms with Crippen LogP contribution in [-0.4, -0.2) is 60.9 Å². The van der Waals surface area contributed by atoms with E-state index >= 15 is 0 Å². The van der Waals surface area contributed by atoms with Crippen LogP contribution in [0.2, 0.25) is 0 Å². The maximum atomic E-state index is 13.6. The summed E-state index contributed by atoms with van der Waals surface area (Å²) < 4.78 is 26.8. The van der Waals surface area contributed by atoms with Crippen molar-refractivity contribution in [2.24, 2.45) is 0 Å². The van der Waals surface area contributed by atoms with Crippen LogP contribution in [0.3, 0.4) is 0 Å². The predicted octanol–water partition coefficient (Wildman–Crippen LogP) is 2.47. The van der Waals surface area contributed by atoms with Gasteiger partial charge in [0.05, 0.1) is 13.1 Å². The lowest BCUT2D eigenvalue weighted by Gasteiger charge is -2.33. The zero-order valence-electron chi connectivity index (χ0n) is 16.3. The van der Waals surface area contributed by atoms with E-state index in [1.165, 1.54) is 18.2 Å². The van der Waals surface area contributed by atoms with Gasteiger partial charge in [-0.3, -0.25) is 19.4 Å². The summed E-state index contributed by atoms with van der Waals surface area (Å²) in [5.41, 5.74) is 1.39. The Bertz CT molecular complexity index is 883. The molecule has 0 atom stereocenters. The number of halogens is 2. The molecule has 2 aromatic rings. The van der Waals surface area contributed by atoms with E-state index in [0.717, 1.165) is 0 Å². The number of rotatable bonds is 6. The Hall–Kier alpha value is -2.84. The van der Waals surface area contributed by atoms with Crippen molar-refractivity contribution in [2.45, 2.75) is 6.92 Å². The molecule has 1 heterocycles. The molecule has 0 bridgehead atoms. The summed E-state index contributed by atoms with van der Waals surface area (Å²) in [7, 11) is 0. The molecule has 1 aliphatic heterocycles. The third-order valence-corrected chi connectivity index (χ3v) is 4.76. The molecule has 1 fully saturated rings. The number of amides is 2. The van der Waals surface area contributed by atoms with Crippen molar-refractivity contribution in [3.8, 4) is 0 Å². The van der Waals surface area contributed by atoms with Crippen LogP contribution in [-0.2, 0) is 9.59 Å². The fourth-order valence-electron chi connectivity index (χ4n) is 3.15. The van der Waals surface area contributed by atoms with Crippen molar-refractivity contribution in [1.29, 1.82) is 0 Å². The van der Waals surface area contributed by atoms with Crippen molar-refractivity contribution >= 4 is 23.2 Å². The van der Waals surface area contributed by atoms with Crippen LogP contribution in [0.15, 0.2) is 42.5 Å². The fourth-order valence-corrected chi connectivity index (χ4v) is 3.15. The first-order valence-corrected chi connectivity index (χ1v) is 9.45. The number of hydrogen-bond acceptors (Lipinski definition) is 4. The average Bonchev–Trinajstić information content (AvgIpc) is 2.66. The van der Waals surface area contributed by atoms with E-state index in [1.807, 2.05) is 9.80 Å². The van der Waals surface area contributed by atoms with Crippen molar-refractivity contribution < 1.29 is 18.4 Å². The molecule has 6 nitrogen and oxygen atoms in total. The topological polar surface area (TPSA) is 64.7 Å². The molecule has 29 heavy (non-hydrogen) atoms. The van der Waals surface area contributed by atoms with Crippen molar-refractivity contribution in [3.63, 3.8) is 0 Å². The van der Waals surface area contributed by atoms with E-state index in [1.54, 1.807) is 31.2 Å². The summed E-state index contributed by atoms with van der Waals surface area (Å²) in [6.45, 7) is 4.65. The maximum absolute atomic E-state index is 13.6. The molecule has 0 aromatic heterocycles. The first-order valence-electron chi connectivity index (χ1n) is 9.45. The Balaban J connectivity index is 1.40. The molecule has 1 saturated heterocycles. The van der Waals surface area contributed by atoms with Gasteiger partial charge in [0.1, 0.15) is 11.6 Å². The molecule has 0 unspecified atom stereocenters. The Kier molecular flexibility index (Phi) is 6.90. The van der Waals surface area contributed by atoms with Crippen molar-refractivity contribution in [3.05, 3.63) is 59.7 Å². The van der Waals surface area contributed by atoms with Gasteiger partial charge >= 0.3 is 0 Å². The first-order chi connectivity index (χ1) is 13.9. The Morgan fingerprint density at radius 3 is 1.93 bits per heavy atom. The molecule has 2 N–H and O–H groups in total. The summed E-state index contributed by atoms with van der Waals surface area (Å²) >= 11 is 0. The predicted molar refractivity (Wildman–Crippen MR) is 108 cm³/mol. The second-order valence-electron chi connectivity index (χ2n) is 7.12. The monoisotopic (exact) mass is 402 g/mol. The van der Waals surface area contributed by atoms with Gasteiger partial charge in [0, 0.05) is 37.6 Å². The summed E-state index contributed by atoms with van der Waals surface area (Å²) in [6.07, 6.45) is 0. The van der Waals surface area contributed by atoms with Crippen LogP contribution in [0, 0.1) is 18.6 Å². The molecule has 8 heteroatoms. The molecular weight excluding hydrogens is 378 g/mol. The highest BCUT2D eigenvalue weighted by atomic mass is 19.1. The lowest BCUT2D eigenvalue weighted by molar-refractivity contribution is -0.120. The number of carbonyl (C=O) groups is 2. The smallest absolute Gasteiger partial charge is 0.238 e. The second-order valence-corrected chi connectivity index (χ2v) is 7.12. The van der Waals surface area contributed by atoms with Crippen LogP contribution in [0.25, 0.3) is 0 Å². The van der Waals surface area contributed by atoms with Crippen molar-refractivity contribution in [1.82, 2.24) is 9.80 Å². The van der Waals surface area contributed by atoms with E-state index in [-0.39, 0.29) is 30.7 Å². The van der Waals surface area contributed by atoms with E-state index in [9.17, 15) is 18.4 Å². The molecule has 0 spiro atoms. The number of piperazine rings is 1. The standard InChI is InChI=1S/C21H24F2N4O2/c1-15-5-6-18(12-19(15)23)25-21(29)14-27-9-7-26(8-10-27)13-20(28)24-17-4-2-3-16(22)11-17/h2-6,11-12H,7-10,13-14H2,1H3,(H,24,28)(H,25,29). The van der Waals surface area contributed by atoms with Crippen LogP contribution in [0.5, 0.6) is 0 Å². The van der Waals surface area contributed by atoms with E-state index in [2.05, 4.69) is 10.6 Å². The first kappa shape index (κ1) is 20.9. The molecule has 3 rings (SSSR count). The molecular formula is C21H24F2N4O2. The zero-order valence-corrected chi connectivity index (χ0v) is 16.3. The fraction of sp³-hybridized carbons (Fsp3) is 0.333. The number of anilines is 2. The average molecular weight is 402 g/mol. The summed E-state index contributed by atoms with van der Waals surface area (Å²) in [5, 5.41) is 5.38. The van der Waals surface area contributed by atoms with Gasteiger partial charge in [-0.25, -0.2) is 8.78 Å². The van der Waals surface area contributed by atoms with Gasteiger partial charge in [0.15, 0.2) is 0 Å². The highest BCUT2D eigenvalue weighted by molar-refractivity contribution is 5.92. The van der Waals surface area contributed by atoms with E-state index < -0.39 is 5.82 Å². The minimum atomic E-state index is -0.400. The number of aryl methyl sites for hydroxylation is 1. The Morgan fingerprint density at radius 1 is 0.862 bits per heavy atom. The maximum Gasteiger partial charge on any atom is 0.238 e. The molecule has 2 aromatic carbocycles. The quantitative estimate of drug-likeness (QED) is 0.779. The SMILES string of the molecule is Cc1ccc(NC(=O)CN2CCN(CC(=O)Nc3cccc(F)c3)CC2)cc1F. The highest BCUT2D eigenvalue weighted by Crippen LogP contribution is 2.14. The molecule has 0 aliphatic carbocycles. The minimum Gasteiger partial charge on any atom is -0.325 e. The molecule has 1 aliphatic rings. The molecule has 154 valence electrons. The minimum absolute atomic E-state index is 0.203. The highest BCUT2D eigenvalue weighted by Gasteiger charge is 2.20. The van der Waals surface area contributed by atoms with Gasteiger partial charge in [-0.05, 0) is 42.8 Å². The van der Waals surface area contributed by atoms with Gasteiger partial charge < -0.3 is 10.6 Å². The van der Waals surface area contributed by atoms with E-state index in [0.29, 0.717) is 43.1 Å². The largest absolute Gasteiger partial charge is 0.325 e. The number of hydrogen-bond donors (Lipinski definition) is 2. The number of benzene rings is 2. The third-order valence-electron chi connectivity index (χ3n) is 4.76.